The van der Waals surface area contributed by atoms with Gasteiger partial charge < -0.3 is 43.4 Å². The molecule has 0 saturated carbocycles. The van der Waals surface area contributed by atoms with Gasteiger partial charge in [-0.05, 0) is 78.1 Å². The van der Waals surface area contributed by atoms with Crippen molar-refractivity contribution in [3.8, 4) is 0 Å². The molecule has 50 heavy (non-hydrogen) atoms. The van der Waals surface area contributed by atoms with Gasteiger partial charge in [0, 0.05) is 59.7 Å². The maximum atomic E-state index is 13.4. The number of methoxy groups -OCH3 is 4. The van der Waals surface area contributed by atoms with Crippen molar-refractivity contribution >= 4 is 5.97 Å². The SMILES string of the molecule is COC1CC(C)OC(CCC(C)C(O)C(C)C2(C)CC(OC)CC(OC)C(O)C(OC)CC3CC=CC(CCCC=C(C)C=CC(=O)O2)O3)C1. The fraction of sp³-hybridized carbons (Fsp3) is 0.825. The first kappa shape index (κ1) is 42.8. The number of ether oxygens (including phenoxy) is 7. The minimum atomic E-state index is -1.10. The lowest BCUT2D eigenvalue weighted by molar-refractivity contribution is -0.172. The second-order valence-electron chi connectivity index (χ2n) is 15.2. The van der Waals surface area contributed by atoms with Crippen LogP contribution in [-0.2, 0) is 38.0 Å². The number of esters is 1. The molecule has 3 heterocycles. The van der Waals surface area contributed by atoms with E-state index in [4.69, 9.17) is 33.2 Å². The molecule has 3 aliphatic heterocycles. The number of carbonyl (C=O) groups excluding carboxylic acids is 1. The highest BCUT2D eigenvalue weighted by molar-refractivity contribution is 5.82. The van der Waals surface area contributed by atoms with Crippen molar-refractivity contribution in [1.82, 2.24) is 0 Å². The Morgan fingerprint density at radius 2 is 1.66 bits per heavy atom. The van der Waals surface area contributed by atoms with Crippen LogP contribution in [0.15, 0.2) is 36.0 Å². The van der Waals surface area contributed by atoms with E-state index in [1.165, 1.54) is 6.08 Å². The molecule has 0 aromatic rings. The van der Waals surface area contributed by atoms with Gasteiger partial charge in [0.2, 0.25) is 0 Å². The maximum Gasteiger partial charge on any atom is 0.331 e. The third-order valence-electron chi connectivity index (χ3n) is 11.3. The van der Waals surface area contributed by atoms with Crippen LogP contribution in [0.3, 0.4) is 0 Å². The minimum Gasteiger partial charge on any atom is -0.456 e. The fourth-order valence-corrected chi connectivity index (χ4v) is 7.82. The van der Waals surface area contributed by atoms with E-state index >= 15 is 0 Å². The Hall–Kier alpha value is -1.63. The summed E-state index contributed by atoms with van der Waals surface area (Å²) < 4.78 is 42.1. The van der Waals surface area contributed by atoms with Crippen LogP contribution >= 0.6 is 0 Å². The van der Waals surface area contributed by atoms with E-state index in [1.54, 1.807) is 34.5 Å². The third kappa shape index (κ3) is 13.1. The van der Waals surface area contributed by atoms with Gasteiger partial charge in [-0.3, -0.25) is 0 Å². The minimum absolute atomic E-state index is 0.00866. The Morgan fingerprint density at radius 1 is 0.960 bits per heavy atom. The summed E-state index contributed by atoms with van der Waals surface area (Å²) in [5.41, 5.74) is -0.130. The summed E-state index contributed by atoms with van der Waals surface area (Å²) in [5, 5.41) is 23.3. The Bertz CT molecular complexity index is 1090. The molecular weight excluding hydrogens is 640 g/mol. The lowest BCUT2D eigenvalue weighted by Crippen LogP contribution is -2.49. The Morgan fingerprint density at radius 3 is 2.34 bits per heavy atom. The molecule has 1 fully saturated rings. The number of hydrogen-bond acceptors (Lipinski definition) is 10. The van der Waals surface area contributed by atoms with Crippen molar-refractivity contribution < 1.29 is 48.2 Å². The topological polar surface area (TPSA) is 122 Å². The summed E-state index contributed by atoms with van der Waals surface area (Å²) in [7, 11) is 6.53. The molecule has 2 N–H and O–H groups in total. The van der Waals surface area contributed by atoms with Gasteiger partial charge in [-0.2, -0.15) is 0 Å². The Labute approximate surface area is 301 Å². The lowest BCUT2D eigenvalue weighted by atomic mass is 9.76. The fourth-order valence-electron chi connectivity index (χ4n) is 7.82. The highest BCUT2D eigenvalue weighted by Gasteiger charge is 2.44. The van der Waals surface area contributed by atoms with Gasteiger partial charge in [0.05, 0.1) is 54.9 Å². The van der Waals surface area contributed by atoms with Crippen LogP contribution in [0.1, 0.15) is 105 Å². The van der Waals surface area contributed by atoms with E-state index in [2.05, 4.69) is 25.2 Å². The zero-order valence-electron chi connectivity index (χ0n) is 32.3. The van der Waals surface area contributed by atoms with Crippen molar-refractivity contribution in [2.24, 2.45) is 11.8 Å². The van der Waals surface area contributed by atoms with Crippen molar-refractivity contribution in [2.45, 2.75) is 172 Å². The lowest BCUT2D eigenvalue weighted by Gasteiger charge is -2.42. The molecule has 3 rings (SSSR count). The summed E-state index contributed by atoms with van der Waals surface area (Å²) in [6.45, 7) is 9.90. The van der Waals surface area contributed by atoms with Crippen LogP contribution < -0.4 is 0 Å². The average Bonchev–Trinajstić information content (AvgIpc) is 3.10. The molecule has 10 nitrogen and oxygen atoms in total. The molecule has 10 heteroatoms. The number of hydrogen-bond donors (Lipinski definition) is 2. The number of allylic oxidation sites excluding steroid dienone is 3. The van der Waals surface area contributed by atoms with Gasteiger partial charge in [0.25, 0.3) is 0 Å². The van der Waals surface area contributed by atoms with Crippen LogP contribution in [0.5, 0.6) is 0 Å². The predicted octanol–water partition coefficient (Wildman–Crippen LogP) is 6.26. The summed E-state index contributed by atoms with van der Waals surface area (Å²) in [6.07, 6.45) is 14.5. The van der Waals surface area contributed by atoms with Crippen LogP contribution in [0.25, 0.3) is 0 Å². The van der Waals surface area contributed by atoms with Crippen LogP contribution in [0.4, 0.5) is 0 Å². The first-order valence-electron chi connectivity index (χ1n) is 18.8. The molecule has 3 aliphatic rings. The molecule has 1 saturated heterocycles. The number of aliphatic hydroxyl groups is 2. The molecule has 0 amide bonds. The zero-order chi connectivity index (χ0) is 36.8. The van der Waals surface area contributed by atoms with E-state index in [0.29, 0.717) is 12.8 Å². The van der Waals surface area contributed by atoms with Gasteiger partial charge >= 0.3 is 5.97 Å². The van der Waals surface area contributed by atoms with Crippen molar-refractivity contribution in [3.05, 3.63) is 36.0 Å². The quantitative estimate of drug-likeness (QED) is 0.199. The molecule has 288 valence electrons. The predicted molar refractivity (Wildman–Crippen MR) is 194 cm³/mol. The average molecular weight is 709 g/mol. The number of fused-ring (bicyclic) bond motifs is 2. The molecule has 0 spiro atoms. The van der Waals surface area contributed by atoms with E-state index in [0.717, 1.165) is 56.9 Å². The largest absolute Gasteiger partial charge is 0.456 e. The van der Waals surface area contributed by atoms with E-state index in [9.17, 15) is 15.0 Å². The zero-order valence-corrected chi connectivity index (χ0v) is 32.3. The number of aliphatic hydroxyl groups excluding tert-OH is 2. The third-order valence-corrected chi connectivity index (χ3v) is 11.3. The van der Waals surface area contributed by atoms with Crippen LogP contribution in [-0.4, -0.2) is 111 Å². The van der Waals surface area contributed by atoms with Crippen molar-refractivity contribution in [2.75, 3.05) is 28.4 Å². The molecule has 0 aromatic carbocycles. The molecule has 13 atom stereocenters. The Kier molecular flexibility index (Phi) is 18.1. The van der Waals surface area contributed by atoms with Gasteiger partial charge in [-0.25, -0.2) is 4.79 Å². The normalized spacial score (nSPS) is 37.3. The van der Waals surface area contributed by atoms with E-state index in [1.807, 2.05) is 27.7 Å². The van der Waals surface area contributed by atoms with Gasteiger partial charge in [0.15, 0.2) is 0 Å². The number of rotatable bonds is 10. The molecule has 0 radical (unpaired) electrons. The molecular formula is C40H68O10. The molecule has 2 bridgehead atoms. The summed E-state index contributed by atoms with van der Waals surface area (Å²) >= 11 is 0. The molecule has 13 unspecified atom stereocenters. The van der Waals surface area contributed by atoms with Gasteiger partial charge in [0.1, 0.15) is 11.7 Å². The second-order valence-corrected chi connectivity index (χ2v) is 15.2. The maximum absolute atomic E-state index is 13.4. The monoisotopic (exact) mass is 708 g/mol. The standard InChI is InChI=1S/C40H68O10/c1-26-13-10-11-14-30-15-12-16-31(49-30)23-35(46-8)39(43)36(47-9)24-34(45-7)25-40(5,50-37(41)20-17-26)29(4)38(42)27(2)18-19-32-22-33(44-6)21-28(3)48-32/h12-13,15,17,20,27-36,38-39,42-43H,10-11,14,16,18-19,21-25H2,1-9H3. The van der Waals surface area contributed by atoms with Gasteiger partial charge in [-0.15, -0.1) is 0 Å². The second kappa shape index (κ2) is 21.2. The highest BCUT2D eigenvalue weighted by atomic mass is 16.6. The van der Waals surface area contributed by atoms with E-state index in [-0.39, 0.29) is 42.9 Å². The highest BCUT2D eigenvalue weighted by Crippen LogP contribution is 2.37. The molecule has 0 aliphatic carbocycles. The summed E-state index contributed by atoms with van der Waals surface area (Å²) in [5.74, 6) is -1.01. The smallest absolute Gasteiger partial charge is 0.331 e. The van der Waals surface area contributed by atoms with E-state index < -0.39 is 48.0 Å². The first-order chi connectivity index (χ1) is 23.8. The van der Waals surface area contributed by atoms with Gasteiger partial charge in [-0.1, -0.05) is 43.7 Å². The van der Waals surface area contributed by atoms with Crippen molar-refractivity contribution in [1.29, 1.82) is 0 Å². The number of cyclic esters (lactones) is 1. The Balaban J connectivity index is 1.84. The van der Waals surface area contributed by atoms with Crippen LogP contribution in [0, 0.1) is 11.8 Å². The number of carbonyl (C=O) groups is 1. The molecule has 0 aromatic heterocycles. The van der Waals surface area contributed by atoms with Crippen molar-refractivity contribution in [3.63, 3.8) is 0 Å². The van der Waals surface area contributed by atoms with Crippen LogP contribution in [0.2, 0.25) is 0 Å². The summed E-state index contributed by atoms with van der Waals surface area (Å²) in [4.78, 5) is 13.4. The first-order valence-corrected chi connectivity index (χ1v) is 18.8. The summed E-state index contributed by atoms with van der Waals surface area (Å²) in [6, 6.07) is 0.